The summed E-state index contributed by atoms with van der Waals surface area (Å²) in [5.74, 6) is 1.55. The average Bonchev–Trinajstić information content (AvgIpc) is 2.84. The Bertz CT molecular complexity index is 291. The molecule has 1 heterocycles. The molecule has 2 aliphatic rings. The lowest BCUT2D eigenvalue weighted by molar-refractivity contribution is -0.122. The van der Waals surface area contributed by atoms with Crippen molar-refractivity contribution in [3.63, 3.8) is 0 Å². The molecule has 104 valence electrons. The van der Waals surface area contributed by atoms with E-state index in [1.54, 1.807) is 6.92 Å². The summed E-state index contributed by atoms with van der Waals surface area (Å²) in [5, 5.41) is 0. The van der Waals surface area contributed by atoms with Crippen molar-refractivity contribution < 1.29 is 4.79 Å². The zero-order valence-corrected chi connectivity index (χ0v) is 11.5. The van der Waals surface area contributed by atoms with Crippen LogP contribution in [0.15, 0.2) is 0 Å². The Morgan fingerprint density at radius 3 is 2.44 bits per heavy atom. The fraction of sp³-hybridized carbons (Fsp3) is 0.929. The van der Waals surface area contributed by atoms with Gasteiger partial charge in [0.1, 0.15) is 0 Å². The Hall–Kier alpha value is -0.610. The molecule has 4 nitrogen and oxygen atoms in total. The molecule has 1 aliphatic carbocycles. The maximum Gasteiger partial charge on any atom is 0.237 e. The highest BCUT2D eigenvalue weighted by atomic mass is 16.1. The second-order valence-electron chi connectivity index (χ2n) is 6.45. The van der Waals surface area contributed by atoms with Gasteiger partial charge in [0.25, 0.3) is 0 Å². The number of amides is 1. The standard InChI is InChI=1S/C14H27N3O/c1-14(16,13(15)18)7-2-3-8-17-9-11-5-4-6-12(11)10-17/h11-12H,2-10,16H2,1H3,(H2,15,18). The number of likely N-dealkylation sites (tertiary alicyclic amines) is 1. The van der Waals surface area contributed by atoms with Crippen molar-refractivity contribution in [2.75, 3.05) is 19.6 Å². The van der Waals surface area contributed by atoms with Crippen LogP contribution in [0.1, 0.15) is 45.4 Å². The summed E-state index contributed by atoms with van der Waals surface area (Å²) >= 11 is 0. The number of hydrogen-bond donors (Lipinski definition) is 2. The van der Waals surface area contributed by atoms with Crippen LogP contribution in [-0.4, -0.2) is 36.0 Å². The van der Waals surface area contributed by atoms with Gasteiger partial charge in [-0.25, -0.2) is 0 Å². The van der Waals surface area contributed by atoms with Crippen LogP contribution in [0, 0.1) is 11.8 Å². The maximum atomic E-state index is 11.1. The molecule has 0 spiro atoms. The van der Waals surface area contributed by atoms with Gasteiger partial charge in [-0.3, -0.25) is 4.79 Å². The molecule has 1 saturated carbocycles. The van der Waals surface area contributed by atoms with E-state index in [4.69, 9.17) is 11.5 Å². The molecule has 3 atom stereocenters. The Balaban J connectivity index is 1.61. The molecule has 4 heteroatoms. The first-order valence-electron chi connectivity index (χ1n) is 7.30. The summed E-state index contributed by atoms with van der Waals surface area (Å²) in [6.45, 7) is 5.47. The van der Waals surface area contributed by atoms with Gasteiger partial charge in [0.05, 0.1) is 5.54 Å². The van der Waals surface area contributed by atoms with Gasteiger partial charge in [0.15, 0.2) is 0 Å². The summed E-state index contributed by atoms with van der Waals surface area (Å²) in [5.41, 5.74) is 10.3. The zero-order valence-electron chi connectivity index (χ0n) is 11.5. The zero-order chi connectivity index (χ0) is 13.2. The summed E-state index contributed by atoms with van der Waals surface area (Å²) in [6, 6.07) is 0. The van der Waals surface area contributed by atoms with Gasteiger partial charge in [-0.15, -0.1) is 0 Å². The van der Waals surface area contributed by atoms with Crippen LogP contribution in [-0.2, 0) is 4.79 Å². The number of hydrogen-bond acceptors (Lipinski definition) is 3. The first-order chi connectivity index (χ1) is 8.49. The summed E-state index contributed by atoms with van der Waals surface area (Å²) in [4.78, 5) is 13.7. The van der Waals surface area contributed by atoms with Crippen molar-refractivity contribution in [1.82, 2.24) is 4.90 Å². The van der Waals surface area contributed by atoms with Crippen LogP contribution < -0.4 is 11.5 Å². The normalized spacial score (nSPS) is 31.2. The van der Waals surface area contributed by atoms with E-state index in [1.807, 2.05) is 0 Å². The molecule has 3 unspecified atom stereocenters. The van der Waals surface area contributed by atoms with Crippen molar-refractivity contribution in [2.24, 2.45) is 23.3 Å². The van der Waals surface area contributed by atoms with Crippen LogP contribution in [0.25, 0.3) is 0 Å². The highest BCUT2D eigenvalue weighted by Gasteiger charge is 2.35. The van der Waals surface area contributed by atoms with Crippen molar-refractivity contribution in [3.05, 3.63) is 0 Å². The first-order valence-corrected chi connectivity index (χ1v) is 7.30. The average molecular weight is 253 g/mol. The van der Waals surface area contributed by atoms with Crippen molar-refractivity contribution in [3.8, 4) is 0 Å². The predicted octanol–water partition coefficient (Wildman–Crippen LogP) is 1.09. The van der Waals surface area contributed by atoms with Crippen LogP contribution in [0.5, 0.6) is 0 Å². The minimum absolute atomic E-state index is 0.391. The highest BCUT2D eigenvalue weighted by Crippen LogP contribution is 2.37. The van der Waals surface area contributed by atoms with Crippen molar-refractivity contribution in [1.29, 1.82) is 0 Å². The van der Waals surface area contributed by atoms with Gasteiger partial charge in [0, 0.05) is 13.1 Å². The van der Waals surface area contributed by atoms with E-state index in [1.165, 1.54) is 32.4 Å². The molecule has 1 amide bonds. The summed E-state index contributed by atoms with van der Waals surface area (Å²) in [6.07, 6.45) is 7.12. The molecule has 0 bridgehead atoms. The second kappa shape index (κ2) is 5.57. The lowest BCUT2D eigenvalue weighted by atomic mass is 9.95. The monoisotopic (exact) mass is 253 g/mol. The number of nitrogens with zero attached hydrogens (tertiary/aromatic N) is 1. The van der Waals surface area contributed by atoms with Crippen molar-refractivity contribution >= 4 is 5.91 Å². The number of carbonyl (C=O) groups excluding carboxylic acids is 1. The molecular formula is C14H27N3O. The molecule has 18 heavy (non-hydrogen) atoms. The highest BCUT2D eigenvalue weighted by molar-refractivity contribution is 5.83. The largest absolute Gasteiger partial charge is 0.368 e. The predicted molar refractivity (Wildman–Crippen MR) is 72.9 cm³/mol. The van der Waals surface area contributed by atoms with Crippen molar-refractivity contribution in [2.45, 2.75) is 51.0 Å². The third-order valence-electron chi connectivity index (χ3n) is 4.79. The van der Waals surface area contributed by atoms with E-state index in [2.05, 4.69) is 4.90 Å². The summed E-state index contributed by atoms with van der Waals surface area (Å²) < 4.78 is 0. The molecule has 0 aromatic heterocycles. The number of fused-ring (bicyclic) bond motifs is 1. The summed E-state index contributed by atoms with van der Waals surface area (Å²) in [7, 11) is 0. The van der Waals surface area contributed by atoms with E-state index < -0.39 is 11.4 Å². The number of primary amides is 1. The van der Waals surface area contributed by atoms with Crippen LogP contribution in [0.3, 0.4) is 0 Å². The number of carbonyl (C=O) groups is 1. The minimum atomic E-state index is -0.832. The molecule has 4 N–H and O–H groups in total. The molecular weight excluding hydrogens is 226 g/mol. The topological polar surface area (TPSA) is 72.3 Å². The van der Waals surface area contributed by atoms with Gasteiger partial charge >= 0.3 is 0 Å². The van der Waals surface area contributed by atoms with E-state index >= 15 is 0 Å². The van der Waals surface area contributed by atoms with E-state index in [0.717, 1.165) is 31.2 Å². The molecule has 1 aliphatic heterocycles. The van der Waals surface area contributed by atoms with Gasteiger partial charge in [-0.2, -0.15) is 0 Å². The second-order valence-corrected chi connectivity index (χ2v) is 6.45. The maximum absolute atomic E-state index is 11.1. The van der Waals surface area contributed by atoms with E-state index in [9.17, 15) is 4.79 Å². The molecule has 0 aromatic carbocycles. The Labute approximate surface area is 110 Å². The molecule has 2 fully saturated rings. The minimum Gasteiger partial charge on any atom is -0.368 e. The number of rotatable bonds is 6. The smallest absolute Gasteiger partial charge is 0.237 e. The molecule has 0 aromatic rings. The fourth-order valence-corrected chi connectivity index (χ4v) is 3.47. The molecule has 2 rings (SSSR count). The molecule has 1 saturated heterocycles. The third kappa shape index (κ3) is 3.23. The fourth-order valence-electron chi connectivity index (χ4n) is 3.47. The molecule has 0 radical (unpaired) electrons. The Morgan fingerprint density at radius 1 is 1.28 bits per heavy atom. The quantitative estimate of drug-likeness (QED) is 0.696. The van der Waals surface area contributed by atoms with Gasteiger partial charge in [0.2, 0.25) is 5.91 Å². The van der Waals surface area contributed by atoms with E-state index in [-0.39, 0.29) is 0 Å². The lowest BCUT2D eigenvalue weighted by Gasteiger charge is -2.21. The SMILES string of the molecule is CC(N)(CCCCN1CC2CCCC2C1)C(N)=O. The lowest BCUT2D eigenvalue weighted by Crippen LogP contribution is -2.49. The van der Waals surface area contributed by atoms with E-state index in [0.29, 0.717) is 6.42 Å². The van der Waals surface area contributed by atoms with Crippen LogP contribution in [0.2, 0.25) is 0 Å². The number of unbranched alkanes of at least 4 members (excludes halogenated alkanes) is 1. The van der Waals surface area contributed by atoms with Gasteiger partial charge in [-0.05, 0) is 57.4 Å². The Morgan fingerprint density at radius 2 is 1.89 bits per heavy atom. The Kier molecular flexibility index (Phi) is 4.28. The third-order valence-corrected chi connectivity index (χ3v) is 4.79. The van der Waals surface area contributed by atoms with Gasteiger partial charge < -0.3 is 16.4 Å². The van der Waals surface area contributed by atoms with Crippen LogP contribution in [0.4, 0.5) is 0 Å². The van der Waals surface area contributed by atoms with Crippen LogP contribution >= 0.6 is 0 Å². The van der Waals surface area contributed by atoms with Gasteiger partial charge in [-0.1, -0.05) is 6.42 Å². The first kappa shape index (κ1) is 13.8. The number of nitrogens with two attached hydrogens (primary N) is 2.